The molecule has 1 aromatic heterocycles. The van der Waals surface area contributed by atoms with Crippen LogP contribution in [-0.2, 0) is 16.0 Å². The van der Waals surface area contributed by atoms with Crippen LogP contribution < -0.4 is 4.74 Å². The second-order valence-corrected chi connectivity index (χ2v) is 8.54. The SMILES string of the molecule is O=C(C[C@H]1CN(C(=O)Cc2cccnc2)CC[C@@H]1Oc1ccccc1)N1CCCCC1. The molecule has 3 heterocycles. The van der Waals surface area contributed by atoms with Crippen molar-refractivity contribution < 1.29 is 14.3 Å². The lowest BCUT2D eigenvalue weighted by atomic mass is 9.90. The van der Waals surface area contributed by atoms with E-state index in [9.17, 15) is 9.59 Å². The number of rotatable bonds is 6. The summed E-state index contributed by atoms with van der Waals surface area (Å²) < 4.78 is 6.28. The van der Waals surface area contributed by atoms with Crippen LogP contribution in [0.1, 0.15) is 37.7 Å². The summed E-state index contributed by atoms with van der Waals surface area (Å²) in [4.78, 5) is 33.9. The molecule has 0 unspecified atom stereocenters. The first-order chi connectivity index (χ1) is 15.2. The molecule has 0 radical (unpaired) electrons. The van der Waals surface area contributed by atoms with E-state index in [0.717, 1.165) is 43.7 Å². The summed E-state index contributed by atoms with van der Waals surface area (Å²) in [6, 6.07) is 13.5. The zero-order chi connectivity index (χ0) is 21.5. The molecule has 0 N–H and O–H groups in total. The average molecular weight is 422 g/mol. The summed E-state index contributed by atoms with van der Waals surface area (Å²) in [6.07, 6.45) is 8.22. The molecule has 0 bridgehead atoms. The Balaban J connectivity index is 1.43. The summed E-state index contributed by atoms with van der Waals surface area (Å²) >= 11 is 0. The molecule has 164 valence electrons. The minimum Gasteiger partial charge on any atom is -0.490 e. The molecule has 1 aromatic carbocycles. The molecule has 0 aliphatic carbocycles. The molecular formula is C25H31N3O3. The number of hydrogen-bond donors (Lipinski definition) is 0. The van der Waals surface area contributed by atoms with Crippen molar-refractivity contribution in [3.63, 3.8) is 0 Å². The summed E-state index contributed by atoms with van der Waals surface area (Å²) in [5.41, 5.74) is 0.913. The zero-order valence-electron chi connectivity index (χ0n) is 18.0. The molecule has 2 saturated heterocycles. The number of para-hydroxylation sites is 1. The van der Waals surface area contributed by atoms with E-state index in [-0.39, 0.29) is 23.8 Å². The van der Waals surface area contributed by atoms with Crippen LogP contribution in [0.5, 0.6) is 5.75 Å². The maximum Gasteiger partial charge on any atom is 0.227 e. The van der Waals surface area contributed by atoms with Crippen LogP contribution in [-0.4, -0.2) is 58.9 Å². The fourth-order valence-electron chi connectivity index (χ4n) is 4.55. The molecule has 0 spiro atoms. The maximum atomic E-state index is 13.0. The van der Waals surface area contributed by atoms with Gasteiger partial charge in [-0.1, -0.05) is 24.3 Å². The van der Waals surface area contributed by atoms with Gasteiger partial charge in [-0.3, -0.25) is 14.6 Å². The smallest absolute Gasteiger partial charge is 0.227 e. The third-order valence-electron chi connectivity index (χ3n) is 6.27. The van der Waals surface area contributed by atoms with Crippen molar-refractivity contribution >= 4 is 11.8 Å². The van der Waals surface area contributed by atoms with Gasteiger partial charge in [0.1, 0.15) is 11.9 Å². The number of piperidine rings is 2. The van der Waals surface area contributed by atoms with Crippen LogP contribution in [0.25, 0.3) is 0 Å². The Morgan fingerprint density at radius 1 is 0.935 bits per heavy atom. The van der Waals surface area contributed by atoms with E-state index in [2.05, 4.69) is 4.98 Å². The average Bonchev–Trinajstić information content (AvgIpc) is 2.82. The van der Waals surface area contributed by atoms with Crippen LogP contribution in [0.15, 0.2) is 54.9 Å². The van der Waals surface area contributed by atoms with E-state index in [1.807, 2.05) is 52.3 Å². The first kappa shape index (κ1) is 21.3. The molecule has 2 aliphatic rings. The van der Waals surface area contributed by atoms with Crippen LogP contribution in [0.4, 0.5) is 0 Å². The van der Waals surface area contributed by atoms with Crippen molar-refractivity contribution in [3.8, 4) is 5.75 Å². The van der Waals surface area contributed by atoms with Crippen molar-refractivity contribution in [3.05, 3.63) is 60.4 Å². The number of aromatic nitrogens is 1. The predicted molar refractivity (Wildman–Crippen MR) is 119 cm³/mol. The molecule has 4 rings (SSSR count). The van der Waals surface area contributed by atoms with E-state index in [4.69, 9.17) is 4.74 Å². The van der Waals surface area contributed by atoms with E-state index in [1.165, 1.54) is 6.42 Å². The van der Waals surface area contributed by atoms with Crippen molar-refractivity contribution in [2.75, 3.05) is 26.2 Å². The molecule has 31 heavy (non-hydrogen) atoms. The normalized spacial score (nSPS) is 21.5. The van der Waals surface area contributed by atoms with E-state index in [0.29, 0.717) is 25.9 Å². The second kappa shape index (κ2) is 10.4. The molecule has 6 nitrogen and oxygen atoms in total. The number of likely N-dealkylation sites (tertiary alicyclic amines) is 2. The van der Waals surface area contributed by atoms with Crippen LogP contribution in [0.2, 0.25) is 0 Å². The van der Waals surface area contributed by atoms with Gasteiger partial charge < -0.3 is 14.5 Å². The van der Waals surface area contributed by atoms with Gasteiger partial charge in [0, 0.05) is 57.3 Å². The van der Waals surface area contributed by atoms with Gasteiger partial charge in [-0.2, -0.15) is 0 Å². The Kier molecular flexibility index (Phi) is 7.18. The van der Waals surface area contributed by atoms with Gasteiger partial charge in [-0.15, -0.1) is 0 Å². The lowest BCUT2D eigenvalue weighted by Crippen LogP contribution is -2.50. The number of hydrogen-bond acceptors (Lipinski definition) is 4. The first-order valence-electron chi connectivity index (χ1n) is 11.4. The van der Waals surface area contributed by atoms with Crippen LogP contribution >= 0.6 is 0 Å². The molecule has 0 saturated carbocycles. The molecule has 2 aromatic rings. The highest BCUT2D eigenvalue weighted by Gasteiger charge is 2.35. The van der Waals surface area contributed by atoms with Gasteiger partial charge in [-0.25, -0.2) is 0 Å². The van der Waals surface area contributed by atoms with Crippen molar-refractivity contribution in [2.45, 2.75) is 44.6 Å². The summed E-state index contributed by atoms with van der Waals surface area (Å²) in [6.45, 7) is 2.89. The summed E-state index contributed by atoms with van der Waals surface area (Å²) in [5, 5.41) is 0. The lowest BCUT2D eigenvalue weighted by molar-refractivity contribution is -0.139. The highest BCUT2D eigenvalue weighted by molar-refractivity contribution is 5.79. The standard InChI is InChI=1S/C25H31N3O3/c29-24(16-20-8-7-12-26-18-20)28-15-11-23(31-22-9-3-1-4-10-22)21(19-28)17-25(30)27-13-5-2-6-14-27/h1,3-4,7-10,12,18,21,23H,2,5-6,11,13-17,19H2/t21-,23-/m0/s1. The quantitative estimate of drug-likeness (QED) is 0.718. The molecule has 2 aliphatic heterocycles. The van der Waals surface area contributed by atoms with Gasteiger partial charge in [0.25, 0.3) is 0 Å². The number of benzene rings is 1. The number of pyridine rings is 1. The fourth-order valence-corrected chi connectivity index (χ4v) is 4.55. The van der Waals surface area contributed by atoms with Crippen molar-refractivity contribution in [1.82, 2.24) is 14.8 Å². The Morgan fingerprint density at radius 3 is 2.48 bits per heavy atom. The van der Waals surface area contributed by atoms with Gasteiger partial charge in [0.15, 0.2) is 0 Å². The monoisotopic (exact) mass is 421 g/mol. The Labute approximate surface area is 184 Å². The Hall–Kier alpha value is -2.89. The molecular weight excluding hydrogens is 390 g/mol. The molecule has 2 amide bonds. The van der Waals surface area contributed by atoms with Gasteiger partial charge in [0.05, 0.1) is 6.42 Å². The lowest BCUT2D eigenvalue weighted by Gasteiger charge is -2.39. The molecule has 6 heteroatoms. The largest absolute Gasteiger partial charge is 0.490 e. The Bertz CT molecular complexity index is 853. The van der Waals surface area contributed by atoms with Crippen LogP contribution in [0.3, 0.4) is 0 Å². The second-order valence-electron chi connectivity index (χ2n) is 8.54. The van der Waals surface area contributed by atoms with Crippen molar-refractivity contribution in [2.24, 2.45) is 5.92 Å². The third-order valence-corrected chi connectivity index (χ3v) is 6.27. The first-order valence-corrected chi connectivity index (χ1v) is 11.4. The summed E-state index contributed by atoms with van der Waals surface area (Å²) in [5.74, 6) is 1.08. The zero-order valence-corrected chi connectivity index (χ0v) is 18.0. The number of carbonyl (C=O) groups excluding carboxylic acids is 2. The molecule has 2 fully saturated rings. The fraction of sp³-hybridized carbons (Fsp3) is 0.480. The van der Waals surface area contributed by atoms with E-state index in [1.54, 1.807) is 12.4 Å². The van der Waals surface area contributed by atoms with Crippen molar-refractivity contribution in [1.29, 1.82) is 0 Å². The number of carbonyl (C=O) groups is 2. The highest BCUT2D eigenvalue weighted by Crippen LogP contribution is 2.27. The molecule has 2 atom stereocenters. The third kappa shape index (κ3) is 5.84. The maximum absolute atomic E-state index is 13.0. The number of nitrogens with zero attached hydrogens (tertiary/aromatic N) is 3. The van der Waals surface area contributed by atoms with Gasteiger partial charge >= 0.3 is 0 Å². The minimum atomic E-state index is -0.0708. The number of ether oxygens (including phenoxy) is 1. The highest BCUT2D eigenvalue weighted by atomic mass is 16.5. The predicted octanol–water partition coefficient (Wildman–Crippen LogP) is 3.32. The van der Waals surface area contributed by atoms with E-state index < -0.39 is 0 Å². The number of amides is 2. The minimum absolute atomic E-state index is 0.0127. The van der Waals surface area contributed by atoms with E-state index >= 15 is 0 Å². The van der Waals surface area contributed by atoms with Gasteiger partial charge in [-0.05, 0) is 43.0 Å². The van der Waals surface area contributed by atoms with Gasteiger partial charge in [0.2, 0.25) is 11.8 Å². The topological polar surface area (TPSA) is 62.7 Å². The Morgan fingerprint density at radius 2 is 1.74 bits per heavy atom. The summed E-state index contributed by atoms with van der Waals surface area (Å²) in [7, 11) is 0. The van der Waals surface area contributed by atoms with Crippen LogP contribution in [0, 0.1) is 5.92 Å².